The van der Waals surface area contributed by atoms with Crippen molar-refractivity contribution in [2.75, 3.05) is 0 Å². The van der Waals surface area contributed by atoms with E-state index in [2.05, 4.69) is 15.5 Å². The summed E-state index contributed by atoms with van der Waals surface area (Å²) >= 11 is 0.979. The number of aliphatic hydroxyl groups is 1. The fourth-order valence-corrected chi connectivity index (χ4v) is 2.58. The van der Waals surface area contributed by atoms with E-state index in [-0.39, 0.29) is 23.8 Å². The molecule has 0 bridgehead atoms. The molecule has 1 aliphatic heterocycles. The van der Waals surface area contributed by atoms with E-state index in [1.807, 2.05) is 0 Å². The van der Waals surface area contributed by atoms with Crippen LogP contribution < -0.4 is 5.32 Å². The number of amidine groups is 1. The van der Waals surface area contributed by atoms with E-state index >= 15 is 0 Å². The third-order valence-electron chi connectivity index (χ3n) is 2.74. The summed E-state index contributed by atoms with van der Waals surface area (Å²) < 4.78 is 13.4. The molecule has 0 radical (unpaired) electrons. The summed E-state index contributed by atoms with van der Waals surface area (Å²) in [6.07, 6.45) is 0.988. The maximum absolute atomic E-state index is 13.4. The molecule has 1 saturated heterocycles. The molecular formula is C13H12FN3O4S. The first-order chi connectivity index (χ1) is 10.5. The van der Waals surface area contributed by atoms with Crippen molar-refractivity contribution in [1.82, 2.24) is 5.32 Å². The lowest BCUT2D eigenvalue weighted by atomic mass is 10.1. The van der Waals surface area contributed by atoms with Crippen LogP contribution in [0.25, 0.3) is 0 Å². The number of halogens is 1. The minimum absolute atomic E-state index is 0.179. The van der Waals surface area contributed by atoms with Crippen LogP contribution in [0.15, 0.2) is 28.4 Å². The Morgan fingerprint density at radius 2 is 2.27 bits per heavy atom. The molecule has 9 heteroatoms. The van der Waals surface area contributed by atoms with E-state index in [1.165, 1.54) is 18.3 Å². The second-order valence-electron chi connectivity index (χ2n) is 4.35. The Bertz CT molecular complexity index is 663. The van der Waals surface area contributed by atoms with Crippen LogP contribution in [0.5, 0.6) is 0 Å². The normalized spacial score (nSPS) is 19.8. The first-order valence-corrected chi connectivity index (χ1v) is 7.07. The number of aliphatic carboxylic acids is 1. The average Bonchev–Trinajstić information content (AvgIpc) is 2.78. The van der Waals surface area contributed by atoms with Gasteiger partial charge in [0.1, 0.15) is 11.1 Å². The van der Waals surface area contributed by atoms with Gasteiger partial charge in [0.05, 0.1) is 19.2 Å². The monoisotopic (exact) mass is 325 g/mol. The van der Waals surface area contributed by atoms with Gasteiger partial charge in [-0.05, 0) is 11.6 Å². The zero-order valence-electron chi connectivity index (χ0n) is 11.2. The van der Waals surface area contributed by atoms with Crippen molar-refractivity contribution in [2.24, 2.45) is 10.2 Å². The van der Waals surface area contributed by atoms with Crippen molar-refractivity contribution < 1.29 is 24.2 Å². The molecule has 1 amide bonds. The third kappa shape index (κ3) is 4.12. The average molecular weight is 325 g/mol. The van der Waals surface area contributed by atoms with E-state index in [4.69, 9.17) is 10.2 Å². The second-order valence-corrected chi connectivity index (χ2v) is 5.54. The number of benzene rings is 1. The molecular weight excluding hydrogens is 313 g/mol. The molecule has 1 unspecified atom stereocenters. The van der Waals surface area contributed by atoms with Crippen molar-refractivity contribution in [3.05, 3.63) is 35.1 Å². The van der Waals surface area contributed by atoms with Crippen LogP contribution in [-0.2, 0) is 16.2 Å². The zero-order valence-corrected chi connectivity index (χ0v) is 12.0. The largest absolute Gasteiger partial charge is 0.481 e. The molecule has 116 valence electrons. The lowest BCUT2D eigenvalue weighted by Crippen LogP contribution is -2.26. The SMILES string of the molecule is O=C(O)CC1SC(=NN=Cc2ccc(CO)c(F)c2)NC1=O. The number of nitrogens with one attached hydrogen (secondary N) is 1. The van der Waals surface area contributed by atoms with E-state index in [1.54, 1.807) is 6.07 Å². The molecule has 1 heterocycles. The van der Waals surface area contributed by atoms with Gasteiger partial charge in [-0.2, -0.15) is 5.10 Å². The van der Waals surface area contributed by atoms with E-state index in [0.717, 1.165) is 11.8 Å². The van der Waals surface area contributed by atoms with Crippen molar-refractivity contribution in [3.63, 3.8) is 0 Å². The summed E-state index contributed by atoms with van der Waals surface area (Å²) in [5, 5.41) is 26.9. The fraction of sp³-hybridized carbons (Fsp3) is 0.231. The van der Waals surface area contributed by atoms with Crippen molar-refractivity contribution >= 4 is 35.0 Å². The Kier molecular flexibility index (Phi) is 5.23. The van der Waals surface area contributed by atoms with Crippen LogP contribution in [-0.4, -0.2) is 38.7 Å². The van der Waals surface area contributed by atoms with Crippen molar-refractivity contribution in [3.8, 4) is 0 Å². The lowest BCUT2D eigenvalue weighted by Gasteiger charge is -1.99. The third-order valence-corrected chi connectivity index (χ3v) is 3.81. The summed E-state index contributed by atoms with van der Waals surface area (Å²) in [6.45, 7) is -0.390. The predicted octanol–water partition coefficient (Wildman–Crippen LogP) is 0.714. The van der Waals surface area contributed by atoms with Crippen LogP contribution in [0, 0.1) is 5.82 Å². The number of hydrogen-bond donors (Lipinski definition) is 3. The van der Waals surface area contributed by atoms with Crippen molar-refractivity contribution in [2.45, 2.75) is 18.3 Å². The summed E-state index contributed by atoms with van der Waals surface area (Å²) in [6, 6.07) is 4.19. The minimum atomic E-state index is -1.07. The summed E-state index contributed by atoms with van der Waals surface area (Å²) in [7, 11) is 0. The highest BCUT2D eigenvalue weighted by molar-refractivity contribution is 8.15. The Morgan fingerprint density at radius 3 is 2.91 bits per heavy atom. The molecule has 0 aliphatic carbocycles. The van der Waals surface area contributed by atoms with Crippen LogP contribution in [0.4, 0.5) is 4.39 Å². The highest BCUT2D eigenvalue weighted by Gasteiger charge is 2.32. The number of thioether (sulfide) groups is 1. The number of carboxylic acids is 1. The highest BCUT2D eigenvalue weighted by Crippen LogP contribution is 2.22. The zero-order chi connectivity index (χ0) is 16.1. The Morgan fingerprint density at radius 1 is 1.50 bits per heavy atom. The molecule has 0 aromatic heterocycles. The quantitative estimate of drug-likeness (QED) is 0.545. The molecule has 3 N–H and O–H groups in total. The maximum atomic E-state index is 13.4. The van der Waals surface area contributed by atoms with E-state index < -0.39 is 22.9 Å². The van der Waals surface area contributed by atoms with Crippen LogP contribution in [0.3, 0.4) is 0 Å². The minimum Gasteiger partial charge on any atom is -0.481 e. The highest BCUT2D eigenvalue weighted by atomic mass is 32.2. The molecule has 1 aliphatic rings. The molecule has 1 fully saturated rings. The molecule has 0 spiro atoms. The molecule has 1 aromatic rings. The van der Waals surface area contributed by atoms with Gasteiger partial charge < -0.3 is 15.5 Å². The molecule has 1 atom stereocenters. The smallest absolute Gasteiger partial charge is 0.305 e. The number of hydrogen-bond acceptors (Lipinski definition) is 6. The van der Waals surface area contributed by atoms with Gasteiger partial charge in [-0.3, -0.25) is 9.59 Å². The summed E-state index contributed by atoms with van der Waals surface area (Å²) in [4.78, 5) is 22.0. The van der Waals surface area contributed by atoms with Gasteiger partial charge in [-0.25, -0.2) is 4.39 Å². The van der Waals surface area contributed by atoms with Gasteiger partial charge in [0.25, 0.3) is 0 Å². The Balaban J connectivity index is 2.01. The standard InChI is InChI=1S/C13H12FN3O4S/c14-9-3-7(1-2-8(9)6-18)5-15-17-13-16-12(21)10(22-13)4-11(19)20/h1-3,5,10,18H,4,6H2,(H,19,20)(H,16,17,21). The van der Waals surface area contributed by atoms with Gasteiger partial charge >= 0.3 is 5.97 Å². The number of carbonyl (C=O) groups is 2. The number of carbonyl (C=O) groups excluding carboxylic acids is 1. The predicted molar refractivity (Wildman–Crippen MR) is 79.1 cm³/mol. The summed E-state index contributed by atoms with van der Waals surface area (Å²) in [5.41, 5.74) is 0.619. The summed E-state index contributed by atoms with van der Waals surface area (Å²) in [5.74, 6) is -2.05. The van der Waals surface area contributed by atoms with Gasteiger partial charge in [0, 0.05) is 5.56 Å². The number of rotatable bonds is 5. The molecule has 7 nitrogen and oxygen atoms in total. The molecule has 1 aromatic carbocycles. The van der Waals surface area contributed by atoms with Gasteiger partial charge in [0.15, 0.2) is 5.17 Å². The second kappa shape index (κ2) is 7.14. The van der Waals surface area contributed by atoms with Crippen LogP contribution >= 0.6 is 11.8 Å². The number of aliphatic hydroxyl groups excluding tert-OH is 1. The number of nitrogens with zero attached hydrogens (tertiary/aromatic N) is 2. The van der Waals surface area contributed by atoms with Gasteiger partial charge in [-0.1, -0.05) is 23.9 Å². The van der Waals surface area contributed by atoms with Gasteiger partial charge in [0.2, 0.25) is 5.91 Å². The molecule has 2 rings (SSSR count). The van der Waals surface area contributed by atoms with Crippen LogP contribution in [0.1, 0.15) is 17.5 Å². The molecule has 0 saturated carbocycles. The van der Waals surface area contributed by atoms with E-state index in [0.29, 0.717) is 5.56 Å². The number of carboxylic acid groups (broad SMARTS) is 1. The Hall–Kier alpha value is -2.26. The first kappa shape index (κ1) is 16.1. The van der Waals surface area contributed by atoms with E-state index in [9.17, 15) is 14.0 Å². The topological polar surface area (TPSA) is 111 Å². The maximum Gasteiger partial charge on any atom is 0.305 e. The Labute approximate surface area is 128 Å². The lowest BCUT2D eigenvalue weighted by molar-refractivity contribution is -0.138. The first-order valence-electron chi connectivity index (χ1n) is 6.19. The molecule has 22 heavy (non-hydrogen) atoms. The van der Waals surface area contributed by atoms with Crippen molar-refractivity contribution in [1.29, 1.82) is 0 Å². The fourth-order valence-electron chi connectivity index (χ4n) is 1.67. The van der Waals surface area contributed by atoms with Crippen LogP contribution in [0.2, 0.25) is 0 Å². The number of amides is 1. The van der Waals surface area contributed by atoms with Gasteiger partial charge in [-0.15, -0.1) is 5.10 Å².